The van der Waals surface area contributed by atoms with Gasteiger partial charge in [0.05, 0.1) is 26.4 Å². The first-order valence-electron chi connectivity index (χ1n) is 34.5. The Hall–Kier alpha value is -1.94. The Bertz CT molecular complexity index is 1670. The second-order valence-corrected chi connectivity index (χ2v) is 27.7. The van der Waals surface area contributed by atoms with Crippen LogP contribution in [0.3, 0.4) is 0 Å². The van der Waals surface area contributed by atoms with Crippen molar-refractivity contribution in [2.45, 2.75) is 349 Å². The highest BCUT2D eigenvalue weighted by Crippen LogP contribution is 2.45. The molecule has 0 aliphatic heterocycles. The average molecular weight is 1260 g/mol. The van der Waals surface area contributed by atoms with Gasteiger partial charge in [0.15, 0.2) is 12.2 Å². The fourth-order valence-corrected chi connectivity index (χ4v) is 11.5. The number of hydrogen-bond donors (Lipinski definition) is 3. The van der Waals surface area contributed by atoms with Crippen LogP contribution in [0.4, 0.5) is 0 Å². The minimum Gasteiger partial charge on any atom is -0.462 e. The third-order valence-corrected chi connectivity index (χ3v) is 17.1. The number of carbonyl (C=O) groups is 4. The van der Waals surface area contributed by atoms with Gasteiger partial charge in [-0.1, -0.05) is 279 Å². The van der Waals surface area contributed by atoms with Gasteiger partial charge in [-0.2, -0.15) is 0 Å². The summed E-state index contributed by atoms with van der Waals surface area (Å²) in [5.41, 5.74) is 0. The average Bonchev–Trinajstić information content (AvgIpc) is 3.51. The molecule has 0 heterocycles. The van der Waals surface area contributed by atoms with Crippen molar-refractivity contribution in [3.8, 4) is 0 Å². The lowest BCUT2D eigenvalue weighted by molar-refractivity contribution is -0.161. The van der Waals surface area contributed by atoms with Crippen LogP contribution >= 0.6 is 15.6 Å². The molecule has 0 saturated carbocycles. The minimum atomic E-state index is -4.95. The Morgan fingerprint density at radius 3 is 0.800 bits per heavy atom. The lowest BCUT2D eigenvalue weighted by Crippen LogP contribution is -2.30. The molecule has 5 atom stereocenters. The molecular weight excluding hydrogens is 1130 g/mol. The fraction of sp³-hybridized carbons (Fsp3) is 0.939. The van der Waals surface area contributed by atoms with E-state index in [1.54, 1.807) is 0 Å². The van der Waals surface area contributed by atoms with Crippen molar-refractivity contribution >= 4 is 39.5 Å². The zero-order valence-corrected chi connectivity index (χ0v) is 56.7. The third kappa shape index (κ3) is 60.7. The highest BCUT2D eigenvalue weighted by molar-refractivity contribution is 7.47. The molecule has 0 radical (unpaired) electrons. The highest BCUT2D eigenvalue weighted by atomic mass is 31.2. The molecule has 0 rings (SSSR count). The Labute approximate surface area is 517 Å². The maximum absolute atomic E-state index is 13.0. The minimum absolute atomic E-state index is 0.101. The normalized spacial score (nSPS) is 14.2. The molecule has 17 nitrogen and oxygen atoms in total. The van der Waals surface area contributed by atoms with E-state index in [4.69, 9.17) is 37.0 Å². The zero-order valence-electron chi connectivity index (χ0n) is 54.9. The molecule has 19 heteroatoms. The monoisotopic (exact) mass is 1250 g/mol. The van der Waals surface area contributed by atoms with E-state index in [2.05, 4.69) is 41.5 Å². The molecule has 0 aromatic rings. The van der Waals surface area contributed by atoms with Gasteiger partial charge in [0, 0.05) is 25.7 Å². The molecule has 3 N–H and O–H groups in total. The van der Waals surface area contributed by atoms with E-state index in [1.807, 2.05) is 0 Å². The first kappa shape index (κ1) is 83.1. The quantitative estimate of drug-likeness (QED) is 0.0222. The van der Waals surface area contributed by atoms with Crippen molar-refractivity contribution in [3.05, 3.63) is 0 Å². The van der Waals surface area contributed by atoms with E-state index in [0.29, 0.717) is 31.6 Å². The fourth-order valence-electron chi connectivity index (χ4n) is 9.88. The van der Waals surface area contributed by atoms with E-state index in [-0.39, 0.29) is 25.7 Å². The number of aliphatic hydroxyl groups excluding tert-OH is 1. The number of rotatable bonds is 65. The molecule has 2 unspecified atom stereocenters. The number of esters is 4. The molecular formula is C66H128O17P2. The van der Waals surface area contributed by atoms with Gasteiger partial charge in [0.1, 0.15) is 19.3 Å². The van der Waals surface area contributed by atoms with E-state index in [0.717, 1.165) is 102 Å². The van der Waals surface area contributed by atoms with Crippen LogP contribution in [-0.2, 0) is 65.4 Å². The van der Waals surface area contributed by atoms with Crippen LogP contribution in [0.25, 0.3) is 0 Å². The number of hydrogen-bond acceptors (Lipinski definition) is 15. The number of phosphoric acid groups is 2. The lowest BCUT2D eigenvalue weighted by atomic mass is 10.0. The predicted octanol–water partition coefficient (Wildman–Crippen LogP) is 18.4. The topological polar surface area (TPSA) is 237 Å². The summed E-state index contributed by atoms with van der Waals surface area (Å²) in [4.78, 5) is 72.0. The summed E-state index contributed by atoms with van der Waals surface area (Å²) in [5.74, 6) is -0.679. The summed E-state index contributed by atoms with van der Waals surface area (Å²) >= 11 is 0. The van der Waals surface area contributed by atoms with Gasteiger partial charge in [-0.05, 0) is 37.5 Å². The van der Waals surface area contributed by atoms with Gasteiger partial charge >= 0.3 is 39.5 Å². The molecule has 0 amide bonds. The van der Waals surface area contributed by atoms with Crippen molar-refractivity contribution in [1.82, 2.24) is 0 Å². The number of aliphatic hydroxyl groups is 1. The summed E-state index contributed by atoms with van der Waals surface area (Å²) in [7, 11) is -9.88. The van der Waals surface area contributed by atoms with Crippen LogP contribution < -0.4 is 0 Å². The SMILES string of the molecule is CCCCCCCCCCCCCCCCC(=O)OC[C@H](COP(=O)(O)OC[C@@H](O)COP(=O)(O)OC[C@@H](COC(=O)CCCCCCC)OC(=O)CCCCCCCCC(C)C)OC(=O)CCCCCCCCCCCCCCCCC(C)C. The highest BCUT2D eigenvalue weighted by Gasteiger charge is 2.30. The molecule has 0 aromatic carbocycles. The summed E-state index contributed by atoms with van der Waals surface area (Å²) in [5, 5.41) is 10.5. The molecule has 0 fully saturated rings. The van der Waals surface area contributed by atoms with Crippen LogP contribution in [0, 0.1) is 11.8 Å². The maximum Gasteiger partial charge on any atom is 0.472 e. The summed E-state index contributed by atoms with van der Waals surface area (Å²) in [6, 6.07) is 0. The van der Waals surface area contributed by atoms with Crippen LogP contribution in [0.1, 0.15) is 330 Å². The second kappa shape index (κ2) is 58.4. The number of unbranched alkanes of at least 4 members (excludes halogenated alkanes) is 35. The molecule has 85 heavy (non-hydrogen) atoms. The van der Waals surface area contributed by atoms with Crippen LogP contribution in [0.5, 0.6) is 0 Å². The molecule has 0 aliphatic rings. The largest absolute Gasteiger partial charge is 0.472 e. The Kier molecular flexibility index (Phi) is 57.1. The van der Waals surface area contributed by atoms with Gasteiger partial charge in [0.2, 0.25) is 0 Å². The van der Waals surface area contributed by atoms with Crippen molar-refractivity contribution in [1.29, 1.82) is 0 Å². The van der Waals surface area contributed by atoms with Gasteiger partial charge < -0.3 is 33.8 Å². The van der Waals surface area contributed by atoms with E-state index in [9.17, 15) is 43.2 Å². The van der Waals surface area contributed by atoms with Crippen molar-refractivity contribution in [2.24, 2.45) is 11.8 Å². The molecule has 0 aromatic heterocycles. The van der Waals surface area contributed by atoms with Crippen LogP contribution in [0.15, 0.2) is 0 Å². The summed E-state index contributed by atoms with van der Waals surface area (Å²) in [6.07, 6.45) is 42.2. The van der Waals surface area contributed by atoms with E-state index in [1.165, 1.54) is 141 Å². The Morgan fingerprint density at radius 2 is 0.541 bits per heavy atom. The van der Waals surface area contributed by atoms with Gasteiger partial charge in [-0.15, -0.1) is 0 Å². The molecule has 0 aliphatic carbocycles. The van der Waals surface area contributed by atoms with E-state index < -0.39 is 97.5 Å². The smallest absolute Gasteiger partial charge is 0.462 e. The standard InChI is InChI=1S/C66H128O17P2/c1-7-9-11-13-14-15-16-17-21-24-27-30-37-43-49-64(69)77-55-62(82-65(70)50-44-38-31-28-25-22-19-18-20-23-26-29-35-40-46-58(3)4)57-81-85(74,75)79-53-60(67)52-78-84(72,73)80-56-61(54-76-63(68)48-42-34-12-10-8-2)83-66(71)51-45-39-33-32-36-41-47-59(5)6/h58-62,67H,7-57H2,1-6H3,(H,72,73)(H,74,75)/t60-,61+,62+/m0/s1. The van der Waals surface area contributed by atoms with Crippen molar-refractivity contribution in [3.63, 3.8) is 0 Å². The van der Waals surface area contributed by atoms with Crippen molar-refractivity contribution in [2.75, 3.05) is 39.6 Å². The summed E-state index contributed by atoms with van der Waals surface area (Å²) < 4.78 is 67.9. The lowest BCUT2D eigenvalue weighted by Gasteiger charge is -2.21. The molecule has 0 spiro atoms. The number of phosphoric ester groups is 2. The summed E-state index contributed by atoms with van der Waals surface area (Å²) in [6.45, 7) is 9.36. The molecule has 0 saturated heterocycles. The third-order valence-electron chi connectivity index (χ3n) is 15.2. The predicted molar refractivity (Wildman–Crippen MR) is 340 cm³/mol. The van der Waals surface area contributed by atoms with Crippen LogP contribution in [0.2, 0.25) is 0 Å². The second-order valence-electron chi connectivity index (χ2n) is 24.8. The van der Waals surface area contributed by atoms with Crippen molar-refractivity contribution < 1.29 is 80.2 Å². The van der Waals surface area contributed by atoms with Crippen LogP contribution in [-0.4, -0.2) is 96.7 Å². The maximum atomic E-state index is 13.0. The number of ether oxygens (including phenoxy) is 4. The van der Waals surface area contributed by atoms with Gasteiger partial charge in [-0.3, -0.25) is 37.3 Å². The Morgan fingerprint density at radius 1 is 0.318 bits per heavy atom. The number of carbonyl (C=O) groups excluding carboxylic acids is 4. The van der Waals surface area contributed by atoms with E-state index >= 15 is 0 Å². The first-order chi connectivity index (χ1) is 40.9. The molecule has 0 bridgehead atoms. The zero-order chi connectivity index (χ0) is 62.9. The first-order valence-corrected chi connectivity index (χ1v) is 37.5. The van der Waals surface area contributed by atoms with Gasteiger partial charge in [-0.25, -0.2) is 9.13 Å². The molecule has 504 valence electrons. The van der Waals surface area contributed by atoms with Gasteiger partial charge in [0.25, 0.3) is 0 Å². The Balaban J connectivity index is 5.16.